The van der Waals surface area contributed by atoms with E-state index in [4.69, 9.17) is 0 Å². The monoisotopic (exact) mass is 296 g/mol. The van der Waals surface area contributed by atoms with Crippen molar-refractivity contribution < 1.29 is 4.79 Å². The minimum Gasteiger partial charge on any atom is -0.341 e. The van der Waals surface area contributed by atoms with E-state index < -0.39 is 0 Å². The summed E-state index contributed by atoms with van der Waals surface area (Å²) in [6.07, 6.45) is 8.57. The molecule has 1 saturated carbocycles. The summed E-state index contributed by atoms with van der Waals surface area (Å²) in [6, 6.07) is 0.782. The summed E-state index contributed by atoms with van der Waals surface area (Å²) >= 11 is 2.09. The van der Waals surface area contributed by atoms with Gasteiger partial charge in [-0.1, -0.05) is 12.8 Å². The van der Waals surface area contributed by atoms with Crippen LogP contribution in [0.25, 0.3) is 0 Å². The highest BCUT2D eigenvalue weighted by molar-refractivity contribution is 7.99. The van der Waals surface area contributed by atoms with E-state index in [-0.39, 0.29) is 0 Å². The van der Waals surface area contributed by atoms with Gasteiger partial charge < -0.3 is 4.90 Å². The summed E-state index contributed by atoms with van der Waals surface area (Å²) in [4.78, 5) is 17.2. The van der Waals surface area contributed by atoms with Gasteiger partial charge in [0, 0.05) is 44.4 Å². The quantitative estimate of drug-likeness (QED) is 0.800. The zero-order valence-electron chi connectivity index (χ0n) is 12.6. The van der Waals surface area contributed by atoms with Gasteiger partial charge in [0.25, 0.3) is 0 Å². The van der Waals surface area contributed by atoms with Gasteiger partial charge in [0.1, 0.15) is 0 Å². The van der Waals surface area contributed by atoms with Crippen molar-refractivity contribution in [1.29, 1.82) is 0 Å². The van der Waals surface area contributed by atoms with Crippen LogP contribution in [0.15, 0.2) is 0 Å². The summed E-state index contributed by atoms with van der Waals surface area (Å²) in [6.45, 7) is 4.24. The predicted molar refractivity (Wildman–Crippen MR) is 85.1 cm³/mol. The molecule has 1 aliphatic carbocycles. The Bertz CT molecular complexity index is 324. The molecular weight excluding hydrogens is 268 g/mol. The van der Waals surface area contributed by atoms with Gasteiger partial charge in [0.15, 0.2) is 0 Å². The number of carbonyl (C=O) groups excluding carboxylic acids is 1. The summed E-state index contributed by atoms with van der Waals surface area (Å²) < 4.78 is 0. The largest absolute Gasteiger partial charge is 0.341 e. The summed E-state index contributed by atoms with van der Waals surface area (Å²) in [5, 5.41) is 0. The van der Waals surface area contributed by atoms with Gasteiger partial charge in [-0.05, 0) is 37.4 Å². The Labute approximate surface area is 127 Å². The third-order valence-corrected chi connectivity index (χ3v) is 6.39. The second-order valence-electron chi connectivity index (χ2n) is 6.64. The fraction of sp³-hybridized carbons (Fsp3) is 0.938. The molecule has 3 aliphatic rings. The van der Waals surface area contributed by atoms with E-state index in [0.29, 0.717) is 11.8 Å². The average molecular weight is 296 g/mol. The Morgan fingerprint density at radius 3 is 2.60 bits per heavy atom. The molecule has 3 fully saturated rings. The number of thioether (sulfide) groups is 1. The van der Waals surface area contributed by atoms with Crippen LogP contribution in [0, 0.1) is 5.92 Å². The first-order chi connectivity index (χ1) is 9.83. The van der Waals surface area contributed by atoms with Crippen LogP contribution < -0.4 is 0 Å². The highest BCUT2D eigenvalue weighted by Gasteiger charge is 2.27. The smallest absolute Gasteiger partial charge is 0.222 e. The van der Waals surface area contributed by atoms with E-state index in [1.54, 1.807) is 0 Å². The van der Waals surface area contributed by atoms with E-state index in [9.17, 15) is 4.79 Å². The zero-order chi connectivity index (χ0) is 13.8. The maximum absolute atomic E-state index is 12.4. The number of nitrogens with zero attached hydrogens (tertiary/aromatic N) is 2. The molecule has 3 nitrogen and oxygen atoms in total. The lowest BCUT2D eigenvalue weighted by Gasteiger charge is -2.27. The topological polar surface area (TPSA) is 23.6 Å². The van der Waals surface area contributed by atoms with Crippen molar-refractivity contribution in [3.63, 3.8) is 0 Å². The fourth-order valence-corrected chi connectivity index (χ4v) is 5.21. The van der Waals surface area contributed by atoms with Gasteiger partial charge in [-0.3, -0.25) is 9.69 Å². The molecule has 0 aromatic heterocycles. The number of hydrogen-bond acceptors (Lipinski definition) is 3. The molecule has 4 heteroatoms. The van der Waals surface area contributed by atoms with Gasteiger partial charge in [-0.2, -0.15) is 11.8 Å². The van der Waals surface area contributed by atoms with Gasteiger partial charge in [0.05, 0.1) is 0 Å². The molecule has 1 unspecified atom stereocenters. The van der Waals surface area contributed by atoms with E-state index >= 15 is 0 Å². The van der Waals surface area contributed by atoms with Crippen molar-refractivity contribution in [2.45, 2.75) is 51.0 Å². The van der Waals surface area contributed by atoms with Crippen LogP contribution in [0.2, 0.25) is 0 Å². The van der Waals surface area contributed by atoms with Crippen LogP contribution in [-0.4, -0.2) is 59.4 Å². The van der Waals surface area contributed by atoms with Gasteiger partial charge >= 0.3 is 0 Å². The summed E-state index contributed by atoms with van der Waals surface area (Å²) in [7, 11) is 0. The van der Waals surface area contributed by atoms with Crippen LogP contribution in [0.5, 0.6) is 0 Å². The average Bonchev–Trinajstić information content (AvgIpc) is 3.09. The fourth-order valence-electron chi connectivity index (χ4n) is 3.95. The Hall–Kier alpha value is -0.220. The van der Waals surface area contributed by atoms with Crippen molar-refractivity contribution >= 4 is 17.7 Å². The lowest BCUT2D eigenvalue weighted by molar-refractivity contribution is -0.132. The maximum atomic E-state index is 12.4. The maximum Gasteiger partial charge on any atom is 0.222 e. The van der Waals surface area contributed by atoms with Gasteiger partial charge in [-0.15, -0.1) is 0 Å². The van der Waals surface area contributed by atoms with Gasteiger partial charge in [0.2, 0.25) is 5.91 Å². The molecule has 2 saturated heterocycles. The minimum atomic E-state index is 0.430. The molecule has 3 rings (SSSR count). The van der Waals surface area contributed by atoms with Crippen LogP contribution in [0.1, 0.15) is 44.9 Å². The lowest BCUT2D eigenvalue weighted by atomic mass is 10.0. The molecule has 114 valence electrons. The molecule has 0 N–H and O–H groups in total. The molecule has 0 aromatic carbocycles. The standard InChI is InChI=1S/C16H28N2OS/c19-16(12-14-4-1-2-5-14)18-8-3-7-17(9-10-18)15-6-11-20-13-15/h14-15H,1-13H2. The Balaban J connectivity index is 1.47. The number of hydrogen-bond donors (Lipinski definition) is 0. The second-order valence-corrected chi connectivity index (χ2v) is 7.79. The third kappa shape index (κ3) is 3.70. The minimum absolute atomic E-state index is 0.430. The van der Waals surface area contributed by atoms with E-state index in [2.05, 4.69) is 21.6 Å². The lowest BCUT2D eigenvalue weighted by Crippen LogP contribution is -2.39. The highest BCUT2D eigenvalue weighted by Crippen LogP contribution is 2.28. The number of amides is 1. The number of carbonyl (C=O) groups is 1. The molecule has 0 radical (unpaired) electrons. The van der Waals surface area contributed by atoms with Crippen molar-refractivity contribution in [1.82, 2.24) is 9.80 Å². The first kappa shape index (κ1) is 14.7. The van der Waals surface area contributed by atoms with Crippen molar-refractivity contribution in [3.05, 3.63) is 0 Å². The molecule has 2 aliphatic heterocycles. The van der Waals surface area contributed by atoms with Crippen LogP contribution in [0.4, 0.5) is 0 Å². The van der Waals surface area contributed by atoms with E-state index in [1.165, 1.54) is 50.2 Å². The normalized spacial score (nSPS) is 29.8. The van der Waals surface area contributed by atoms with E-state index in [1.807, 2.05) is 0 Å². The second kappa shape index (κ2) is 7.17. The van der Waals surface area contributed by atoms with Gasteiger partial charge in [-0.25, -0.2) is 0 Å². The molecular formula is C16H28N2OS. The molecule has 20 heavy (non-hydrogen) atoms. The van der Waals surface area contributed by atoms with Crippen molar-refractivity contribution in [3.8, 4) is 0 Å². The van der Waals surface area contributed by atoms with E-state index in [0.717, 1.165) is 38.5 Å². The van der Waals surface area contributed by atoms with Crippen LogP contribution in [-0.2, 0) is 4.79 Å². The molecule has 0 spiro atoms. The van der Waals surface area contributed by atoms with Crippen molar-refractivity contribution in [2.24, 2.45) is 5.92 Å². The van der Waals surface area contributed by atoms with Crippen LogP contribution in [0.3, 0.4) is 0 Å². The summed E-state index contributed by atoms with van der Waals surface area (Å²) in [5.74, 6) is 3.74. The first-order valence-corrected chi connectivity index (χ1v) is 9.58. The first-order valence-electron chi connectivity index (χ1n) is 8.42. The Morgan fingerprint density at radius 2 is 1.85 bits per heavy atom. The SMILES string of the molecule is O=C(CC1CCCC1)N1CCCN(C2CCSC2)CC1. The zero-order valence-corrected chi connectivity index (χ0v) is 13.4. The molecule has 1 atom stereocenters. The predicted octanol–water partition coefficient (Wildman–Crippen LogP) is 2.61. The molecule has 0 aromatic rings. The summed E-state index contributed by atoms with van der Waals surface area (Å²) in [5.41, 5.74) is 0. The number of rotatable bonds is 3. The van der Waals surface area contributed by atoms with Crippen molar-refractivity contribution in [2.75, 3.05) is 37.7 Å². The van der Waals surface area contributed by atoms with Crippen LogP contribution >= 0.6 is 11.8 Å². The molecule has 2 heterocycles. The third-order valence-electron chi connectivity index (χ3n) is 5.24. The Morgan fingerprint density at radius 1 is 1.00 bits per heavy atom. The molecule has 1 amide bonds. The molecule has 0 bridgehead atoms. The Kier molecular flexibility index (Phi) is 5.27. The highest BCUT2D eigenvalue weighted by atomic mass is 32.2.